The third-order valence-electron chi connectivity index (χ3n) is 3.63. The number of ether oxygens (including phenoxy) is 1. The normalized spacial score (nSPS) is 31.9. The first kappa shape index (κ1) is 15.6. The van der Waals surface area contributed by atoms with Crippen LogP contribution in [-0.4, -0.2) is 74.7 Å². The Morgan fingerprint density at radius 1 is 1.41 bits per heavy atom. The zero-order valence-electron chi connectivity index (χ0n) is 11.8. The van der Waals surface area contributed by atoms with Crippen LogP contribution < -0.4 is 5.73 Å². The molecule has 1 fully saturated rings. The van der Waals surface area contributed by atoms with E-state index in [1.807, 2.05) is 6.92 Å². The standard InChI is InChI=1S/C12H17N5O4Se/c1-2-22-12(9(20)8(19)6(3-18)21-12)17-5-16-7-10(13)14-4-15-11(7)17/h4-6,8-9,18-20H,2-3H2,1H3,(H2,13,14,15)/t6-,8-,9-,12+/m1/s1. The summed E-state index contributed by atoms with van der Waals surface area (Å²) in [5.41, 5.74) is 6.62. The minimum atomic E-state index is -1.20. The van der Waals surface area contributed by atoms with Crippen molar-refractivity contribution in [2.75, 3.05) is 12.3 Å². The second-order valence-corrected chi connectivity index (χ2v) is 7.93. The summed E-state index contributed by atoms with van der Waals surface area (Å²) in [7, 11) is 0. The monoisotopic (exact) mass is 375 g/mol. The number of imidazole rings is 1. The van der Waals surface area contributed by atoms with Gasteiger partial charge in [0.25, 0.3) is 0 Å². The van der Waals surface area contributed by atoms with Gasteiger partial charge in [-0.3, -0.25) is 0 Å². The second-order valence-electron chi connectivity index (χ2n) is 4.88. The van der Waals surface area contributed by atoms with Crippen LogP contribution >= 0.6 is 0 Å². The molecule has 1 aliphatic heterocycles. The Labute approximate surface area is 132 Å². The fourth-order valence-corrected chi connectivity index (χ4v) is 5.09. The molecule has 0 amide bonds. The van der Waals surface area contributed by atoms with Crippen LogP contribution in [0.4, 0.5) is 5.82 Å². The van der Waals surface area contributed by atoms with E-state index in [2.05, 4.69) is 15.0 Å². The molecule has 2 aromatic heterocycles. The van der Waals surface area contributed by atoms with E-state index >= 15 is 0 Å². The van der Waals surface area contributed by atoms with Crippen LogP contribution in [-0.2, 0) is 9.36 Å². The van der Waals surface area contributed by atoms with Crippen LogP contribution in [0.25, 0.3) is 11.2 Å². The van der Waals surface area contributed by atoms with Gasteiger partial charge < -0.3 is 0 Å². The Balaban J connectivity index is 2.17. The zero-order valence-corrected chi connectivity index (χ0v) is 13.5. The molecule has 1 aliphatic rings. The molecule has 4 atom stereocenters. The van der Waals surface area contributed by atoms with Crippen molar-refractivity contribution >= 4 is 31.9 Å². The van der Waals surface area contributed by atoms with Crippen LogP contribution in [0.2, 0.25) is 5.32 Å². The number of nitrogens with two attached hydrogens (primary N) is 1. The Bertz CT molecular complexity index is 683. The summed E-state index contributed by atoms with van der Waals surface area (Å²) in [6, 6.07) is 0. The van der Waals surface area contributed by atoms with Crippen LogP contribution in [0.5, 0.6) is 0 Å². The fourth-order valence-electron chi connectivity index (χ4n) is 2.60. The van der Waals surface area contributed by atoms with Gasteiger partial charge in [0.05, 0.1) is 0 Å². The molecule has 9 nitrogen and oxygen atoms in total. The molecule has 0 bridgehead atoms. The molecule has 0 unspecified atom stereocenters. The molecule has 3 rings (SSSR count). The van der Waals surface area contributed by atoms with Crippen molar-refractivity contribution in [1.82, 2.24) is 19.5 Å². The first-order valence-corrected chi connectivity index (χ1v) is 8.84. The first-order valence-electron chi connectivity index (χ1n) is 6.78. The van der Waals surface area contributed by atoms with Crippen LogP contribution in [0.1, 0.15) is 6.92 Å². The third kappa shape index (κ3) is 2.11. The van der Waals surface area contributed by atoms with E-state index in [1.54, 1.807) is 4.57 Å². The first-order chi connectivity index (χ1) is 10.5. The van der Waals surface area contributed by atoms with E-state index in [9.17, 15) is 15.3 Å². The SMILES string of the molecule is CC[Se][C@@]1(n2cnc3c(N)ncnc32)O[C@H](CO)[C@@H](O)[C@H]1O. The molecular formula is C12H17N5O4Se. The molecule has 0 spiro atoms. The Morgan fingerprint density at radius 2 is 2.18 bits per heavy atom. The molecule has 0 saturated carbocycles. The summed E-state index contributed by atoms with van der Waals surface area (Å²) in [4.78, 5) is 12.2. The van der Waals surface area contributed by atoms with Gasteiger partial charge in [0.1, 0.15) is 0 Å². The van der Waals surface area contributed by atoms with Gasteiger partial charge in [0.2, 0.25) is 0 Å². The number of nitrogen functional groups attached to an aromatic ring is 1. The Kier molecular flexibility index (Phi) is 4.06. The summed E-state index contributed by atoms with van der Waals surface area (Å²) in [5, 5.41) is 30.8. The number of aliphatic hydroxyl groups excluding tert-OH is 3. The van der Waals surface area contributed by atoms with Gasteiger partial charge in [-0.15, -0.1) is 0 Å². The second kappa shape index (κ2) is 5.73. The molecule has 0 aliphatic carbocycles. The van der Waals surface area contributed by atoms with Crippen molar-refractivity contribution < 1.29 is 20.1 Å². The fraction of sp³-hybridized carbons (Fsp3) is 0.583. The third-order valence-corrected chi connectivity index (χ3v) is 6.22. The Hall–Kier alpha value is -1.29. The minimum absolute atomic E-state index is 0.231. The molecule has 5 N–H and O–H groups in total. The molecule has 0 aromatic carbocycles. The van der Waals surface area contributed by atoms with Crippen molar-refractivity contribution in [3.63, 3.8) is 0 Å². The van der Waals surface area contributed by atoms with Crippen LogP contribution in [0.15, 0.2) is 12.7 Å². The van der Waals surface area contributed by atoms with E-state index in [0.717, 1.165) is 5.32 Å². The molecular weight excluding hydrogens is 357 g/mol. The molecule has 0 radical (unpaired) electrons. The van der Waals surface area contributed by atoms with Gasteiger partial charge in [-0.05, 0) is 0 Å². The quantitative estimate of drug-likeness (QED) is 0.463. The topological polar surface area (TPSA) is 140 Å². The summed E-state index contributed by atoms with van der Waals surface area (Å²) in [5.74, 6) is 0.231. The molecule has 22 heavy (non-hydrogen) atoms. The summed E-state index contributed by atoms with van der Waals surface area (Å²) < 4.78 is 6.26. The molecule has 1 saturated heterocycles. The predicted molar refractivity (Wildman–Crippen MR) is 77.9 cm³/mol. The molecule has 120 valence electrons. The summed E-state index contributed by atoms with van der Waals surface area (Å²) in [6.07, 6.45) is -0.458. The van der Waals surface area contributed by atoms with Crippen LogP contribution in [0.3, 0.4) is 0 Å². The van der Waals surface area contributed by atoms with Crippen molar-refractivity contribution in [1.29, 1.82) is 0 Å². The van der Waals surface area contributed by atoms with Crippen molar-refractivity contribution in [2.24, 2.45) is 0 Å². The van der Waals surface area contributed by atoms with Gasteiger partial charge >= 0.3 is 132 Å². The van der Waals surface area contributed by atoms with Crippen molar-refractivity contribution in [3.8, 4) is 0 Å². The number of hydrogen-bond acceptors (Lipinski definition) is 8. The van der Waals surface area contributed by atoms with Gasteiger partial charge in [-0.1, -0.05) is 0 Å². The average molecular weight is 374 g/mol. The summed E-state index contributed by atoms with van der Waals surface area (Å²) >= 11 is -0.231. The number of aromatic nitrogens is 4. The molecule has 10 heteroatoms. The average Bonchev–Trinajstić information content (AvgIpc) is 3.04. The van der Waals surface area contributed by atoms with Gasteiger partial charge in [0.15, 0.2) is 0 Å². The molecule has 3 heterocycles. The number of hydrogen-bond donors (Lipinski definition) is 4. The Morgan fingerprint density at radius 3 is 2.82 bits per heavy atom. The number of rotatable bonds is 4. The van der Waals surface area contributed by atoms with E-state index in [1.165, 1.54) is 12.7 Å². The number of anilines is 1. The zero-order chi connectivity index (χ0) is 15.9. The number of aliphatic hydroxyl groups is 3. The van der Waals surface area contributed by atoms with Crippen LogP contribution in [0, 0.1) is 0 Å². The maximum atomic E-state index is 10.5. The maximum absolute atomic E-state index is 10.5. The van der Waals surface area contributed by atoms with E-state index in [-0.39, 0.29) is 27.4 Å². The van der Waals surface area contributed by atoms with Crippen molar-refractivity contribution in [3.05, 3.63) is 12.7 Å². The van der Waals surface area contributed by atoms with E-state index in [0.29, 0.717) is 11.2 Å². The summed E-state index contributed by atoms with van der Waals surface area (Å²) in [6.45, 7) is 1.57. The van der Waals surface area contributed by atoms with Gasteiger partial charge in [0, 0.05) is 0 Å². The molecule has 2 aromatic rings. The van der Waals surface area contributed by atoms with Gasteiger partial charge in [-0.25, -0.2) is 0 Å². The number of fused-ring (bicyclic) bond motifs is 1. The predicted octanol–water partition coefficient (Wildman–Crippen LogP) is -1.73. The van der Waals surface area contributed by atoms with Gasteiger partial charge in [-0.2, -0.15) is 0 Å². The van der Waals surface area contributed by atoms with E-state index in [4.69, 9.17) is 10.5 Å². The number of nitrogens with zero attached hydrogens (tertiary/aromatic N) is 4. The van der Waals surface area contributed by atoms with E-state index < -0.39 is 22.9 Å². The van der Waals surface area contributed by atoms with Crippen molar-refractivity contribution in [2.45, 2.75) is 35.2 Å².